The smallest absolute Gasteiger partial charge is 0.0255 e. The molecule has 1 aromatic rings. The van der Waals surface area contributed by atoms with Crippen molar-refractivity contribution in [2.45, 2.75) is 51.4 Å². The third-order valence-corrected chi connectivity index (χ3v) is 4.20. The fourth-order valence-corrected chi connectivity index (χ4v) is 3.14. The molecule has 0 N–H and O–H groups in total. The lowest BCUT2D eigenvalue weighted by Crippen LogP contribution is -2.13. The van der Waals surface area contributed by atoms with Crippen LogP contribution in [0, 0.1) is 30.1 Å². The SMILES string of the molecule is C#CC#Cc1ccc([C@H]2CC[C@H](CCC)CC2)cc1. The van der Waals surface area contributed by atoms with E-state index in [-0.39, 0.29) is 0 Å². The summed E-state index contributed by atoms with van der Waals surface area (Å²) in [6, 6.07) is 8.65. The van der Waals surface area contributed by atoms with Crippen LogP contribution in [0.4, 0.5) is 0 Å². The van der Waals surface area contributed by atoms with E-state index in [4.69, 9.17) is 6.42 Å². The predicted octanol–water partition coefficient (Wildman–Crippen LogP) is 4.75. The van der Waals surface area contributed by atoms with E-state index in [0.29, 0.717) is 0 Å². The molecule has 98 valence electrons. The molecule has 0 nitrogen and oxygen atoms in total. The molecule has 0 heterocycles. The molecule has 0 aromatic heterocycles. The summed E-state index contributed by atoms with van der Waals surface area (Å²) in [7, 11) is 0. The van der Waals surface area contributed by atoms with E-state index in [2.05, 4.69) is 49.0 Å². The fourth-order valence-electron chi connectivity index (χ4n) is 3.14. The Hall–Kier alpha value is -1.66. The van der Waals surface area contributed by atoms with Crippen LogP contribution in [0.1, 0.15) is 62.5 Å². The molecule has 0 heteroatoms. The number of benzene rings is 1. The van der Waals surface area contributed by atoms with E-state index in [1.165, 1.54) is 44.1 Å². The van der Waals surface area contributed by atoms with Crippen LogP contribution in [0.15, 0.2) is 24.3 Å². The molecule has 0 spiro atoms. The summed E-state index contributed by atoms with van der Waals surface area (Å²) >= 11 is 0. The molecule has 1 aromatic carbocycles. The summed E-state index contributed by atoms with van der Waals surface area (Å²) < 4.78 is 0. The topological polar surface area (TPSA) is 0 Å². The highest BCUT2D eigenvalue weighted by Crippen LogP contribution is 2.37. The van der Waals surface area contributed by atoms with Crippen molar-refractivity contribution in [3.05, 3.63) is 35.4 Å². The van der Waals surface area contributed by atoms with Crippen LogP contribution in [0.2, 0.25) is 0 Å². The first-order chi connectivity index (χ1) is 9.33. The maximum Gasteiger partial charge on any atom is 0.0255 e. The summed E-state index contributed by atoms with van der Waals surface area (Å²) in [6.45, 7) is 2.29. The Labute approximate surface area is 117 Å². The van der Waals surface area contributed by atoms with Crippen LogP contribution in [0.5, 0.6) is 0 Å². The lowest BCUT2D eigenvalue weighted by Gasteiger charge is -2.28. The normalized spacial score (nSPS) is 22.1. The Morgan fingerprint density at radius 3 is 2.37 bits per heavy atom. The quantitative estimate of drug-likeness (QED) is 0.679. The van der Waals surface area contributed by atoms with Gasteiger partial charge in [-0.1, -0.05) is 37.8 Å². The molecule has 0 unspecified atom stereocenters. The zero-order chi connectivity index (χ0) is 13.5. The van der Waals surface area contributed by atoms with Crippen molar-refractivity contribution in [1.82, 2.24) is 0 Å². The Balaban J connectivity index is 1.95. The highest BCUT2D eigenvalue weighted by atomic mass is 14.3. The zero-order valence-corrected chi connectivity index (χ0v) is 11.8. The number of hydrogen-bond acceptors (Lipinski definition) is 0. The van der Waals surface area contributed by atoms with Crippen molar-refractivity contribution in [1.29, 1.82) is 0 Å². The van der Waals surface area contributed by atoms with Gasteiger partial charge in [-0.05, 0) is 67.1 Å². The summed E-state index contributed by atoms with van der Waals surface area (Å²) in [4.78, 5) is 0. The fraction of sp³-hybridized carbons (Fsp3) is 0.474. The first kappa shape index (κ1) is 13.8. The molecule has 2 rings (SSSR count). The predicted molar refractivity (Wildman–Crippen MR) is 81.8 cm³/mol. The Morgan fingerprint density at radius 2 is 1.79 bits per heavy atom. The summed E-state index contributed by atoms with van der Waals surface area (Å²) in [5.41, 5.74) is 2.49. The second-order valence-corrected chi connectivity index (χ2v) is 5.52. The van der Waals surface area contributed by atoms with Crippen LogP contribution in [-0.2, 0) is 0 Å². The molecular formula is C19H22. The van der Waals surface area contributed by atoms with Gasteiger partial charge in [0.1, 0.15) is 0 Å². The van der Waals surface area contributed by atoms with Gasteiger partial charge in [-0.25, -0.2) is 0 Å². The first-order valence-corrected chi connectivity index (χ1v) is 7.40. The van der Waals surface area contributed by atoms with Gasteiger partial charge in [0, 0.05) is 5.56 Å². The van der Waals surface area contributed by atoms with Gasteiger partial charge in [0.05, 0.1) is 0 Å². The van der Waals surface area contributed by atoms with E-state index in [1.54, 1.807) is 0 Å². The highest BCUT2D eigenvalue weighted by molar-refractivity contribution is 5.40. The highest BCUT2D eigenvalue weighted by Gasteiger charge is 2.21. The number of rotatable bonds is 3. The summed E-state index contributed by atoms with van der Waals surface area (Å²) in [6.07, 6.45) is 13.4. The van der Waals surface area contributed by atoms with E-state index in [9.17, 15) is 0 Å². The molecule has 0 radical (unpaired) electrons. The minimum absolute atomic E-state index is 0.753. The largest absolute Gasteiger partial charge is 0.106 e. The molecule has 1 aliphatic rings. The lowest BCUT2D eigenvalue weighted by atomic mass is 9.77. The van der Waals surface area contributed by atoms with Crippen molar-refractivity contribution in [2.24, 2.45) is 5.92 Å². The second kappa shape index (κ2) is 7.06. The third kappa shape index (κ3) is 3.90. The van der Waals surface area contributed by atoms with Gasteiger partial charge in [0.25, 0.3) is 0 Å². The molecule has 1 saturated carbocycles. The van der Waals surface area contributed by atoms with Crippen molar-refractivity contribution in [2.75, 3.05) is 0 Å². The van der Waals surface area contributed by atoms with Gasteiger partial charge < -0.3 is 0 Å². The molecule has 1 fully saturated rings. The van der Waals surface area contributed by atoms with Gasteiger partial charge >= 0.3 is 0 Å². The number of terminal acetylenes is 1. The molecule has 0 saturated heterocycles. The number of hydrogen-bond donors (Lipinski definition) is 0. The summed E-state index contributed by atoms with van der Waals surface area (Å²) in [5, 5.41) is 0. The van der Waals surface area contributed by atoms with Crippen molar-refractivity contribution in [3.8, 4) is 24.2 Å². The molecular weight excluding hydrogens is 228 g/mol. The molecule has 0 atom stereocenters. The maximum atomic E-state index is 5.14. The Morgan fingerprint density at radius 1 is 1.11 bits per heavy atom. The van der Waals surface area contributed by atoms with Gasteiger partial charge in [0.2, 0.25) is 0 Å². The van der Waals surface area contributed by atoms with Crippen LogP contribution in [0.3, 0.4) is 0 Å². The van der Waals surface area contributed by atoms with Crippen LogP contribution in [-0.4, -0.2) is 0 Å². The van der Waals surface area contributed by atoms with Gasteiger partial charge in [-0.2, -0.15) is 0 Å². The molecule has 19 heavy (non-hydrogen) atoms. The van der Waals surface area contributed by atoms with E-state index in [0.717, 1.165) is 17.4 Å². The second-order valence-electron chi connectivity index (χ2n) is 5.52. The average molecular weight is 250 g/mol. The van der Waals surface area contributed by atoms with Gasteiger partial charge in [-0.3, -0.25) is 0 Å². The van der Waals surface area contributed by atoms with Crippen LogP contribution < -0.4 is 0 Å². The standard InChI is InChI=1S/C19H22/c1-3-5-7-17-10-14-19(15-11-17)18-12-8-16(6-4-2)9-13-18/h1,10-11,14-16,18H,4,6,8-9,12-13H2,2H3/t16-,18-. The third-order valence-electron chi connectivity index (χ3n) is 4.20. The molecule has 0 amide bonds. The van der Waals surface area contributed by atoms with E-state index in [1.807, 2.05) is 0 Å². The minimum atomic E-state index is 0.753. The van der Waals surface area contributed by atoms with E-state index >= 15 is 0 Å². The molecule has 0 bridgehead atoms. The van der Waals surface area contributed by atoms with Crippen LogP contribution in [0.25, 0.3) is 0 Å². The Bertz CT molecular complexity index is 482. The maximum absolute atomic E-state index is 5.14. The van der Waals surface area contributed by atoms with Crippen molar-refractivity contribution in [3.63, 3.8) is 0 Å². The van der Waals surface area contributed by atoms with Crippen molar-refractivity contribution >= 4 is 0 Å². The molecule has 0 aliphatic heterocycles. The Kier molecular flexibility index (Phi) is 5.11. The van der Waals surface area contributed by atoms with Crippen LogP contribution >= 0.6 is 0 Å². The monoisotopic (exact) mass is 250 g/mol. The van der Waals surface area contributed by atoms with Gasteiger partial charge in [0.15, 0.2) is 0 Å². The average Bonchev–Trinajstić information content (AvgIpc) is 2.47. The van der Waals surface area contributed by atoms with Crippen molar-refractivity contribution < 1.29 is 0 Å². The zero-order valence-electron chi connectivity index (χ0n) is 11.8. The summed E-state index contributed by atoms with van der Waals surface area (Å²) in [5.74, 6) is 9.70. The molecule has 1 aliphatic carbocycles. The lowest BCUT2D eigenvalue weighted by molar-refractivity contribution is 0.308. The first-order valence-electron chi connectivity index (χ1n) is 7.40. The van der Waals surface area contributed by atoms with E-state index < -0.39 is 0 Å². The minimum Gasteiger partial charge on any atom is -0.106 e. The van der Waals surface area contributed by atoms with Gasteiger partial charge in [-0.15, -0.1) is 6.42 Å².